The number of nitrogens with zero attached hydrogens (tertiary/aromatic N) is 3. The quantitative estimate of drug-likeness (QED) is 0.177. The number of aromatic nitrogens is 2. The lowest BCUT2D eigenvalue weighted by molar-refractivity contribution is -0.137. The summed E-state index contributed by atoms with van der Waals surface area (Å²) in [5.41, 5.74) is 1.69. The van der Waals surface area contributed by atoms with Gasteiger partial charge in [-0.3, -0.25) is 9.36 Å². The topological polar surface area (TPSA) is 126 Å². The molecule has 0 unspecified atom stereocenters. The van der Waals surface area contributed by atoms with Gasteiger partial charge in [0.15, 0.2) is 0 Å². The number of carbonyl (C=O) groups excluding carboxylic acids is 1. The largest absolute Gasteiger partial charge is 0.421 e. The van der Waals surface area contributed by atoms with Crippen LogP contribution >= 0.6 is 7.60 Å². The van der Waals surface area contributed by atoms with Crippen LogP contribution in [0, 0.1) is 0 Å². The Balaban J connectivity index is 1.42. The smallest absolute Gasteiger partial charge is 0.390 e. The number of nitrogens with one attached hydrogen (secondary N) is 2. The Bertz CT molecular complexity index is 1610. The van der Waals surface area contributed by atoms with Crippen LogP contribution < -0.4 is 10.6 Å². The molecule has 5 rings (SSSR count). The van der Waals surface area contributed by atoms with E-state index in [0.717, 1.165) is 24.0 Å². The molecule has 0 radical (unpaired) electrons. The molecule has 1 aliphatic carbocycles. The summed E-state index contributed by atoms with van der Waals surface area (Å²) < 4.78 is 65.9. The molecule has 2 heterocycles. The fraction of sp³-hybridized carbons (Fsp3) is 0.469. The summed E-state index contributed by atoms with van der Waals surface area (Å²) in [5, 5.41) is 16.1. The van der Waals surface area contributed by atoms with Crippen LogP contribution in [0.1, 0.15) is 85.0 Å². The van der Waals surface area contributed by atoms with Gasteiger partial charge in [-0.25, -0.2) is 4.98 Å². The number of amides is 1. The van der Waals surface area contributed by atoms with Crippen molar-refractivity contribution in [3.8, 4) is 0 Å². The highest BCUT2D eigenvalue weighted by molar-refractivity contribution is 7.53. The van der Waals surface area contributed by atoms with Crippen molar-refractivity contribution in [2.45, 2.75) is 76.9 Å². The third-order valence-electron chi connectivity index (χ3n) is 8.39. The van der Waals surface area contributed by atoms with E-state index in [2.05, 4.69) is 20.6 Å². The van der Waals surface area contributed by atoms with Gasteiger partial charge in [0.1, 0.15) is 11.4 Å². The zero-order chi connectivity index (χ0) is 33.3. The second kappa shape index (κ2) is 13.3. The van der Waals surface area contributed by atoms with Crippen LogP contribution in [-0.2, 0) is 32.5 Å². The minimum Gasteiger partial charge on any atom is -0.390 e. The summed E-state index contributed by atoms with van der Waals surface area (Å²) in [6.45, 7) is 6.10. The Labute approximate surface area is 266 Å². The Morgan fingerprint density at radius 1 is 1.07 bits per heavy atom. The monoisotopic (exact) mass is 661 g/mol. The van der Waals surface area contributed by atoms with Crippen molar-refractivity contribution in [3.63, 3.8) is 0 Å². The van der Waals surface area contributed by atoms with E-state index in [-0.39, 0.29) is 42.8 Å². The number of rotatable bonds is 11. The normalized spacial score (nSPS) is 20.1. The number of benzene rings is 2. The van der Waals surface area contributed by atoms with Gasteiger partial charge >= 0.3 is 13.8 Å². The Morgan fingerprint density at radius 2 is 1.72 bits per heavy atom. The Hall–Kier alpha value is -3.51. The molecule has 1 fully saturated rings. The Kier molecular flexibility index (Phi) is 9.79. The maximum absolute atomic E-state index is 14.1. The lowest BCUT2D eigenvalue weighted by Crippen LogP contribution is -2.29. The number of fused-ring (bicyclic) bond motifs is 1. The fourth-order valence-corrected chi connectivity index (χ4v) is 7.76. The van der Waals surface area contributed by atoms with Crippen molar-refractivity contribution in [2.75, 3.05) is 30.9 Å². The molecule has 1 saturated carbocycles. The first-order valence-electron chi connectivity index (χ1n) is 15.3. The standard InChI is InChI=1S/C32H39F3N5O5P/c1-5-44-46(43,45-6-2)19-20-7-9-22(10-8-20)37-30-36-17-25(32(33,34)35)28(39-30)38-26-12-11-23(21-13-15-31(3,42)16-14-21)24-18-40(4)29(41)27(24)26/h7-12,17,21,42H,5-6,13-16,18-19H2,1-4H3,(H2,36,37,38,39). The molecule has 0 bridgehead atoms. The number of carbonyl (C=O) groups is 1. The molecule has 10 nitrogen and oxygen atoms in total. The molecular formula is C32H39F3N5O5P. The molecule has 14 heteroatoms. The number of halogens is 3. The third-order valence-corrected chi connectivity index (χ3v) is 10.4. The van der Waals surface area contributed by atoms with Gasteiger partial charge < -0.3 is 29.7 Å². The first-order valence-corrected chi connectivity index (χ1v) is 17.0. The number of anilines is 4. The third kappa shape index (κ3) is 7.54. The molecule has 3 N–H and O–H groups in total. The van der Waals surface area contributed by atoms with Gasteiger partial charge in [-0.05, 0) is 87.3 Å². The minimum absolute atomic E-state index is 0.0678. The van der Waals surface area contributed by atoms with E-state index >= 15 is 0 Å². The zero-order valence-corrected chi connectivity index (χ0v) is 27.2. The fourth-order valence-electron chi connectivity index (χ4n) is 6.06. The molecule has 1 amide bonds. The van der Waals surface area contributed by atoms with Crippen molar-refractivity contribution >= 4 is 36.6 Å². The highest BCUT2D eigenvalue weighted by atomic mass is 31.2. The van der Waals surface area contributed by atoms with Gasteiger partial charge in [-0.2, -0.15) is 18.2 Å². The van der Waals surface area contributed by atoms with E-state index in [1.807, 2.05) is 13.0 Å². The molecule has 0 atom stereocenters. The van der Waals surface area contributed by atoms with E-state index in [9.17, 15) is 27.6 Å². The summed E-state index contributed by atoms with van der Waals surface area (Å²) in [4.78, 5) is 22.9. The molecule has 1 aliphatic heterocycles. The molecule has 46 heavy (non-hydrogen) atoms. The molecule has 3 aromatic rings. The molecule has 2 aliphatic rings. The van der Waals surface area contributed by atoms with E-state index in [0.29, 0.717) is 42.4 Å². The van der Waals surface area contributed by atoms with Crippen LogP contribution in [-0.4, -0.2) is 51.7 Å². The molecule has 0 saturated heterocycles. The van der Waals surface area contributed by atoms with Crippen LogP contribution in [0.4, 0.5) is 36.3 Å². The van der Waals surface area contributed by atoms with Crippen molar-refractivity contribution in [1.29, 1.82) is 0 Å². The average Bonchev–Trinajstić information content (AvgIpc) is 3.28. The minimum atomic E-state index is -4.76. The summed E-state index contributed by atoms with van der Waals surface area (Å²) >= 11 is 0. The maximum atomic E-state index is 14.1. The number of aliphatic hydroxyl groups is 1. The van der Waals surface area contributed by atoms with Gasteiger partial charge in [-0.15, -0.1) is 0 Å². The summed E-state index contributed by atoms with van der Waals surface area (Å²) in [5.74, 6) is -0.744. The molecule has 2 aromatic carbocycles. The van der Waals surface area contributed by atoms with Crippen molar-refractivity contribution in [3.05, 3.63) is 70.4 Å². The van der Waals surface area contributed by atoms with Gasteiger partial charge in [0.25, 0.3) is 5.91 Å². The van der Waals surface area contributed by atoms with E-state index in [1.165, 1.54) is 0 Å². The summed E-state index contributed by atoms with van der Waals surface area (Å²) in [7, 11) is -1.65. The van der Waals surface area contributed by atoms with E-state index in [1.54, 1.807) is 56.1 Å². The lowest BCUT2D eigenvalue weighted by Gasteiger charge is -2.34. The van der Waals surface area contributed by atoms with Gasteiger partial charge in [-0.1, -0.05) is 18.2 Å². The van der Waals surface area contributed by atoms with Crippen LogP contribution in [0.3, 0.4) is 0 Å². The highest BCUT2D eigenvalue weighted by Crippen LogP contribution is 2.51. The summed E-state index contributed by atoms with van der Waals surface area (Å²) in [6, 6.07) is 10.2. The summed E-state index contributed by atoms with van der Waals surface area (Å²) in [6.07, 6.45) is -1.23. The molecule has 1 aromatic heterocycles. The van der Waals surface area contributed by atoms with Crippen LogP contribution in [0.15, 0.2) is 42.6 Å². The van der Waals surface area contributed by atoms with Crippen LogP contribution in [0.5, 0.6) is 0 Å². The van der Waals surface area contributed by atoms with Crippen LogP contribution in [0.25, 0.3) is 0 Å². The maximum Gasteiger partial charge on any atom is 0.421 e. The first kappa shape index (κ1) is 33.8. The van der Waals surface area contributed by atoms with Crippen molar-refractivity contribution < 1.29 is 36.7 Å². The molecule has 248 valence electrons. The van der Waals surface area contributed by atoms with Gasteiger partial charge in [0, 0.05) is 25.5 Å². The highest BCUT2D eigenvalue weighted by Gasteiger charge is 2.38. The van der Waals surface area contributed by atoms with Crippen molar-refractivity contribution in [1.82, 2.24) is 14.9 Å². The average molecular weight is 662 g/mol. The number of hydrogen-bond donors (Lipinski definition) is 3. The van der Waals surface area contributed by atoms with E-state index < -0.39 is 30.8 Å². The predicted molar refractivity (Wildman–Crippen MR) is 169 cm³/mol. The molecular weight excluding hydrogens is 622 g/mol. The second-order valence-electron chi connectivity index (χ2n) is 12.0. The van der Waals surface area contributed by atoms with Gasteiger partial charge in [0.05, 0.1) is 36.2 Å². The Morgan fingerprint density at radius 3 is 2.33 bits per heavy atom. The number of alkyl halides is 3. The van der Waals surface area contributed by atoms with E-state index in [4.69, 9.17) is 9.05 Å². The second-order valence-corrected chi connectivity index (χ2v) is 14.0. The number of hydrogen-bond acceptors (Lipinski definition) is 9. The molecule has 0 spiro atoms. The van der Waals surface area contributed by atoms with Crippen LogP contribution in [0.2, 0.25) is 0 Å². The SMILES string of the molecule is CCOP(=O)(Cc1ccc(Nc2ncc(C(F)(F)F)c(Nc3ccc(C4CCC(C)(O)CC4)c4c3C(=O)N(C)C4)n2)cc1)OCC. The van der Waals surface area contributed by atoms with Gasteiger partial charge in [0.2, 0.25) is 5.95 Å². The zero-order valence-electron chi connectivity index (χ0n) is 26.3. The first-order chi connectivity index (χ1) is 21.7. The van der Waals surface area contributed by atoms with Crippen molar-refractivity contribution in [2.24, 2.45) is 0 Å². The predicted octanol–water partition coefficient (Wildman–Crippen LogP) is 7.74. The lowest BCUT2D eigenvalue weighted by atomic mass is 9.75.